The number of carbonyl (C=O) groups is 2. The summed E-state index contributed by atoms with van der Waals surface area (Å²) < 4.78 is 32.8. The van der Waals surface area contributed by atoms with Crippen LogP contribution in [0.25, 0.3) is 0 Å². The molecule has 3 aromatic rings. The Morgan fingerprint density at radius 3 is 2.13 bits per heavy atom. The summed E-state index contributed by atoms with van der Waals surface area (Å²) in [5.41, 5.74) is 3.27. The second-order valence-electron chi connectivity index (χ2n) is 7.72. The first-order valence-corrected chi connectivity index (χ1v) is 11.5. The molecule has 160 valence electrons. The highest BCUT2D eigenvalue weighted by Gasteiger charge is 2.49. The predicted octanol–water partition coefficient (Wildman–Crippen LogP) is 3.85. The van der Waals surface area contributed by atoms with Gasteiger partial charge in [-0.3, -0.25) is 9.59 Å². The first-order valence-electron chi connectivity index (χ1n) is 10.1. The Kier molecular flexibility index (Phi) is 5.31. The van der Waals surface area contributed by atoms with Gasteiger partial charge in [0.25, 0.3) is 10.0 Å². The number of Topliss-reactive ketones (excluding diaryl/α,β-unsaturated/α-hetero) is 1. The Morgan fingerprint density at radius 2 is 1.55 bits per heavy atom. The first-order chi connectivity index (χ1) is 14.8. The van der Waals surface area contributed by atoms with Crippen molar-refractivity contribution in [1.82, 2.24) is 3.97 Å². The molecule has 0 spiro atoms. The van der Waals surface area contributed by atoms with E-state index < -0.39 is 33.6 Å². The molecular formula is C24H23NO5S. The molecule has 0 fully saturated rings. The number of aromatic nitrogens is 1. The minimum absolute atomic E-state index is 0.0178. The lowest BCUT2D eigenvalue weighted by atomic mass is 9.85. The second-order valence-corrected chi connectivity index (χ2v) is 9.53. The summed E-state index contributed by atoms with van der Waals surface area (Å²) >= 11 is 0. The minimum Gasteiger partial charge on any atom is -0.465 e. The monoisotopic (exact) mass is 437 g/mol. The number of benzene rings is 2. The zero-order valence-electron chi connectivity index (χ0n) is 17.5. The van der Waals surface area contributed by atoms with Gasteiger partial charge in [-0.05, 0) is 50.1 Å². The van der Waals surface area contributed by atoms with Crippen LogP contribution in [0.15, 0.2) is 65.7 Å². The highest BCUT2D eigenvalue weighted by molar-refractivity contribution is 7.90. The molecule has 1 aliphatic rings. The number of fused-ring (bicyclic) bond motifs is 1. The molecule has 4 rings (SSSR count). The summed E-state index contributed by atoms with van der Waals surface area (Å²) in [4.78, 5) is 26.2. The number of carbonyl (C=O) groups excluding carboxylic acids is 2. The van der Waals surface area contributed by atoms with Crippen molar-refractivity contribution in [1.29, 1.82) is 0 Å². The van der Waals surface area contributed by atoms with Gasteiger partial charge in [-0.15, -0.1) is 0 Å². The normalized spacial score (nSPS) is 18.1. The van der Waals surface area contributed by atoms with Gasteiger partial charge in [0.1, 0.15) is 11.6 Å². The fourth-order valence-electron chi connectivity index (χ4n) is 4.05. The molecule has 6 nitrogen and oxygen atoms in total. The predicted molar refractivity (Wildman–Crippen MR) is 116 cm³/mol. The minimum atomic E-state index is -4.00. The molecule has 0 amide bonds. The van der Waals surface area contributed by atoms with Gasteiger partial charge in [0, 0.05) is 12.1 Å². The second kappa shape index (κ2) is 7.81. The number of hydrogen-bond donors (Lipinski definition) is 0. The largest absolute Gasteiger partial charge is 0.465 e. The van der Waals surface area contributed by atoms with E-state index in [1.165, 1.54) is 18.3 Å². The van der Waals surface area contributed by atoms with Gasteiger partial charge in [-0.1, -0.05) is 47.5 Å². The summed E-state index contributed by atoms with van der Waals surface area (Å²) in [6, 6.07) is 15.6. The Bertz CT molecular complexity index is 1250. The van der Waals surface area contributed by atoms with Crippen molar-refractivity contribution < 1.29 is 22.7 Å². The Balaban J connectivity index is 1.87. The summed E-state index contributed by atoms with van der Waals surface area (Å²) in [5.74, 6) is -2.90. The maximum absolute atomic E-state index is 13.4. The maximum Gasteiger partial charge on any atom is 0.317 e. The molecule has 0 saturated heterocycles. The van der Waals surface area contributed by atoms with E-state index in [-0.39, 0.29) is 17.2 Å². The Labute approximate surface area is 181 Å². The van der Waals surface area contributed by atoms with Crippen LogP contribution >= 0.6 is 0 Å². The van der Waals surface area contributed by atoms with Crippen LogP contribution in [0.3, 0.4) is 0 Å². The number of rotatable bonds is 5. The number of nitrogens with zero attached hydrogens (tertiary/aromatic N) is 1. The molecule has 2 aromatic carbocycles. The van der Waals surface area contributed by atoms with Gasteiger partial charge in [-0.25, -0.2) is 12.4 Å². The molecule has 0 unspecified atom stereocenters. The molecule has 7 heteroatoms. The van der Waals surface area contributed by atoms with E-state index in [0.717, 1.165) is 20.7 Å². The van der Waals surface area contributed by atoms with Crippen LogP contribution < -0.4 is 0 Å². The Hall–Kier alpha value is -3.19. The number of aryl methyl sites for hydroxylation is 2. The third-order valence-electron chi connectivity index (χ3n) is 5.62. The van der Waals surface area contributed by atoms with Gasteiger partial charge in [0.15, 0.2) is 5.78 Å². The van der Waals surface area contributed by atoms with Crippen LogP contribution in [0.2, 0.25) is 0 Å². The van der Waals surface area contributed by atoms with Crippen molar-refractivity contribution in [3.05, 3.63) is 88.7 Å². The lowest BCUT2D eigenvalue weighted by Gasteiger charge is -2.18. The van der Waals surface area contributed by atoms with Crippen molar-refractivity contribution in [2.24, 2.45) is 5.92 Å². The van der Waals surface area contributed by atoms with Gasteiger partial charge < -0.3 is 4.74 Å². The molecule has 0 bridgehead atoms. The van der Waals surface area contributed by atoms with Gasteiger partial charge in [0.05, 0.1) is 11.5 Å². The molecule has 31 heavy (non-hydrogen) atoms. The van der Waals surface area contributed by atoms with Crippen LogP contribution in [0.1, 0.15) is 45.6 Å². The number of esters is 1. The zero-order chi connectivity index (χ0) is 22.3. The molecule has 0 N–H and O–H groups in total. The lowest BCUT2D eigenvalue weighted by Crippen LogP contribution is -2.28. The van der Waals surface area contributed by atoms with E-state index in [1.807, 2.05) is 38.1 Å². The van der Waals surface area contributed by atoms with Crippen molar-refractivity contribution >= 4 is 21.8 Å². The van der Waals surface area contributed by atoms with Crippen molar-refractivity contribution in [3.8, 4) is 0 Å². The van der Waals surface area contributed by atoms with Gasteiger partial charge >= 0.3 is 5.97 Å². The lowest BCUT2D eigenvalue weighted by molar-refractivity contribution is -0.146. The molecule has 0 aliphatic heterocycles. The molecular weight excluding hydrogens is 414 g/mol. The van der Waals surface area contributed by atoms with Crippen molar-refractivity contribution in [2.45, 2.75) is 31.6 Å². The highest BCUT2D eigenvalue weighted by Crippen LogP contribution is 2.44. The van der Waals surface area contributed by atoms with Crippen LogP contribution in [0.4, 0.5) is 0 Å². The molecule has 0 radical (unpaired) electrons. The average Bonchev–Trinajstić information content (AvgIpc) is 3.29. The average molecular weight is 438 g/mol. The Morgan fingerprint density at radius 1 is 0.968 bits per heavy atom. The van der Waals surface area contributed by atoms with Crippen LogP contribution in [0, 0.1) is 19.8 Å². The molecule has 1 aromatic heterocycles. The molecule has 2 atom stereocenters. The SMILES string of the molecule is CCOC(=O)[C@H]1C(=O)c2c(ccn2S(=O)(=O)c2ccc(C)cc2)[C@@H]1c1ccc(C)cc1. The first kappa shape index (κ1) is 21.1. The van der Waals surface area contributed by atoms with E-state index in [4.69, 9.17) is 4.74 Å². The number of ketones is 1. The fraction of sp³-hybridized carbons (Fsp3) is 0.250. The quantitative estimate of drug-likeness (QED) is 0.447. The summed E-state index contributed by atoms with van der Waals surface area (Å²) in [7, 11) is -4.00. The highest BCUT2D eigenvalue weighted by atomic mass is 32.2. The van der Waals surface area contributed by atoms with E-state index in [0.29, 0.717) is 5.56 Å². The number of ether oxygens (including phenoxy) is 1. The van der Waals surface area contributed by atoms with Gasteiger partial charge in [-0.2, -0.15) is 0 Å². The number of hydrogen-bond acceptors (Lipinski definition) is 5. The van der Waals surface area contributed by atoms with E-state index in [9.17, 15) is 18.0 Å². The topological polar surface area (TPSA) is 82.4 Å². The van der Waals surface area contributed by atoms with E-state index >= 15 is 0 Å². The van der Waals surface area contributed by atoms with E-state index in [2.05, 4.69) is 0 Å². The third-order valence-corrected chi connectivity index (χ3v) is 7.31. The van der Waals surface area contributed by atoms with Crippen LogP contribution in [-0.2, 0) is 19.6 Å². The molecule has 0 saturated carbocycles. The summed E-state index contributed by atoms with van der Waals surface area (Å²) in [6.45, 7) is 5.62. The van der Waals surface area contributed by atoms with Crippen LogP contribution in [-0.4, -0.2) is 30.7 Å². The summed E-state index contributed by atoms with van der Waals surface area (Å²) in [5, 5.41) is 0. The molecule has 1 aliphatic carbocycles. The summed E-state index contributed by atoms with van der Waals surface area (Å²) in [6.07, 6.45) is 1.39. The van der Waals surface area contributed by atoms with Crippen molar-refractivity contribution in [2.75, 3.05) is 6.61 Å². The van der Waals surface area contributed by atoms with Gasteiger partial charge in [0.2, 0.25) is 0 Å². The fourth-order valence-corrected chi connectivity index (χ4v) is 5.42. The smallest absolute Gasteiger partial charge is 0.317 e. The molecule has 1 heterocycles. The zero-order valence-corrected chi connectivity index (χ0v) is 18.3. The third kappa shape index (κ3) is 3.49. The van der Waals surface area contributed by atoms with E-state index in [1.54, 1.807) is 25.1 Å². The maximum atomic E-state index is 13.4. The van der Waals surface area contributed by atoms with Crippen LogP contribution in [0.5, 0.6) is 0 Å². The van der Waals surface area contributed by atoms with Crippen molar-refractivity contribution in [3.63, 3.8) is 0 Å². The standard InChI is InChI=1S/C24H23NO5S/c1-4-30-24(27)21-20(17-9-5-15(2)6-10-17)19-13-14-25(22(19)23(21)26)31(28,29)18-11-7-16(3)8-12-18/h5-14,20-21H,4H2,1-3H3/t20-,21+/m0/s1.